The molecule has 0 saturated carbocycles. The number of rotatable bonds is 5. The molecule has 1 atom stereocenters. The summed E-state index contributed by atoms with van der Waals surface area (Å²) in [5.74, 6) is -0.367. The van der Waals surface area contributed by atoms with E-state index in [2.05, 4.69) is 5.16 Å². The van der Waals surface area contributed by atoms with Crippen molar-refractivity contribution in [3.05, 3.63) is 21.8 Å². The monoisotopic (exact) mass is 283 g/mol. The molecule has 0 aliphatic carbocycles. The van der Waals surface area contributed by atoms with Gasteiger partial charge < -0.3 is 10.1 Å². The molecule has 7 nitrogen and oxygen atoms in total. The van der Waals surface area contributed by atoms with E-state index in [0.717, 1.165) is 19.3 Å². The molecule has 0 aromatic carbocycles. The maximum Gasteiger partial charge on any atom is 0.275 e. The third kappa shape index (κ3) is 4.04. The van der Waals surface area contributed by atoms with Crippen molar-refractivity contribution in [1.82, 2.24) is 4.90 Å². The van der Waals surface area contributed by atoms with E-state index in [1.807, 2.05) is 0 Å². The maximum atomic E-state index is 12.2. The Balaban J connectivity index is 2.89. The number of piperidine rings is 1. The number of carbonyl (C=O) groups is 1. The van der Waals surface area contributed by atoms with Crippen LogP contribution in [0.3, 0.4) is 0 Å². The lowest BCUT2D eigenvalue weighted by molar-refractivity contribution is -0.507. The summed E-state index contributed by atoms with van der Waals surface area (Å²) < 4.78 is 0. The van der Waals surface area contributed by atoms with Crippen molar-refractivity contribution in [3.63, 3.8) is 0 Å². The number of nitro groups is 1. The molecular formula is C13H21N3O4. The molecule has 0 spiro atoms. The Morgan fingerprint density at radius 1 is 1.45 bits per heavy atom. The van der Waals surface area contributed by atoms with Crippen LogP contribution in [0.2, 0.25) is 0 Å². The Morgan fingerprint density at radius 2 is 2.05 bits per heavy atom. The molecular weight excluding hydrogens is 262 g/mol. The van der Waals surface area contributed by atoms with Gasteiger partial charge in [0.2, 0.25) is 6.04 Å². The Bertz CT molecular complexity index is 425. The van der Waals surface area contributed by atoms with Crippen LogP contribution in [0.1, 0.15) is 39.5 Å². The number of amides is 1. The second-order valence-electron chi connectivity index (χ2n) is 4.87. The highest BCUT2D eigenvalue weighted by molar-refractivity contribution is 6.43. The molecule has 1 rings (SSSR count). The number of oxime groups is 1. The van der Waals surface area contributed by atoms with Gasteiger partial charge >= 0.3 is 0 Å². The first-order valence-electron chi connectivity index (χ1n) is 6.86. The predicted molar refractivity (Wildman–Crippen MR) is 74.5 cm³/mol. The summed E-state index contributed by atoms with van der Waals surface area (Å²) in [6.07, 6.45) is 4.71. The van der Waals surface area contributed by atoms with Crippen LogP contribution in [-0.2, 0) is 4.79 Å². The maximum absolute atomic E-state index is 12.2. The van der Waals surface area contributed by atoms with E-state index in [1.54, 1.807) is 11.8 Å². The van der Waals surface area contributed by atoms with Gasteiger partial charge in [-0.25, -0.2) is 0 Å². The lowest BCUT2D eigenvalue weighted by atomic mass is 10.0. The second kappa shape index (κ2) is 7.62. The van der Waals surface area contributed by atoms with Gasteiger partial charge in [-0.1, -0.05) is 12.1 Å². The van der Waals surface area contributed by atoms with E-state index in [-0.39, 0.29) is 11.6 Å². The predicted octanol–water partition coefficient (Wildman–Crippen LogP) is 1.83. The zero-order valence-electron chi connectivity index (χ0n) is 11.9. The summed E-state index contributed by atoms with van der Waals surface area (Å²) >= 11 is 0. The average molecular weight is 283 g/mol. The summed E-state index contributed by atoms with van der Waals surface area (Å²) in [5.41, 5.74) is 0.339. The van der Waals surface area contributed by atoms with E-state index in [0.29, 0.717) is 25.1 Å². The van der Waals surface area contributed by atoms with Crippen LogP contribution in [0.15, 0.2) is 16.8 Å². The van der Waals surface area contributed by atoms with Crippen molar-refractivity contribution >= 4 is 11.6 Å². The first-order chi connectivity index (χ1) is 9.51. The molecule has 0 aromatic rings. The van der Waals surface area contributed by atoms with Gasteiger partial charge in [0.05, 0.1) is 0 Å². The summed E-state index contributed by atoms with van der Waals surface area (Å²) in [6, 6.07) is -0.897. The van der Waals surface area contributed by atoms with Gasteiger partial charge in [-0.05, 0) is 31.8 Å². The molecule has 0 aromatic heterocycles. The van der Waals surface area contributed by atoms with Crippen LogP contribution in [0.25, 0.3) is 0 Å². The highest BCUT2D eigenvalue weighted by Crippen LogP contribution is 2.13. The Labute approximate surface area is 118 Å². The second-order valence-corrected chi connectivity index (χ2v) is 4.87. The summed E-state index contributed by atoms with van der Waals surface area (Å²) in [6.45, 7) is 4.50. The topological polar surface area (TPSA) is 96.0 Å². The van der Waals surface area contributed by atoms with E-state index in [9.17, 15) is 14.9 Å². The van der Waals surface area contributed by atoms with Gasteiger partial charge in [-0.15, -0.1) is 0 Å². The number of nitrogens with zero attached hydrogens (tertiary/aromatic N) is 3. The highest BCUT2D eigenvalue weighted by Gasteiger charge is 2.24. The van der Waals surface area contributed by atoms with Gasteiger partial charge in [-0.2, -0.15) is 0 Å². The van der Waals surface area contributed by atoms with Gasteiger partial charge in [0.1, 0.15) is 0 Å². The Morgan fingerprint density at radius 3 is 2.50 bits per heavy atom. The van der Waals surface area contributed by atoms with Crippen molar-refractivity contribution in [3.8, 4) is 0 Å². The number of carbonyl (C=O) groups excluding carboxylic acids is 1. The van der Waals surface area contributed by atoms with Crippen LogP contribution in [0.5, 0.6) is 0 Å². The molecule has 1 aliphatic rings. The third-order valence-electron chi connectivity index (χ3n) is 3.55. The van der Waals surface area contributed by atoms with Crippen molar-refractivity contribution in [2.24, 2.45) is 5.16 Å². The molecule has 112 valence electrons. The fourth-order valence-corrected chi connectivity index (χ4v) is 2.22. The minimum atomic E-state index is -0.897. The minimum Gasteiger partial charge on any atom is -0.410 e. The Kier molecular flexibility index (Phi) is 6.14. The van der Waals surface area contributed by atoms with E-state index in [4.69, 9.17) is 5.21 Å². The molecule has 1 N–H and O–H groups in total. The summed E-state index contributed by atoms with van der Waals surface area (Å²) in [5, 5.41) is 22.8. The van der Waals surface area contributed by atoms with Crippen LogP contribution in [-0.4, -0.2) is 45.8 Å². The summed E-state index contributed by atoms with van der Waals surface area (Å²) in [4.78, 5) is 24.2. The van der Waals surface area contributed by atoms with E-state index in [1.165, 1.54) is 13.0 Å². The molecule has 1 unspecified atom stereocenters. The normalized spacial score (nSPS) is 18.8. The fourth-order valence-electron chi connectivity index (χ4n) is 2.22. The molecule has 0 radical (unpaired) electrons. The molecule has 1 heterocycles. The largest absolute Gasteiger partial charge is 0.410 e. The number of hydrogen-bond donors (Lipinski definition) is 1. The van der Waals surface area contributed by atoms with Gasteiger partial charge in [0.25, 0.3) is 5.91 Å². The first-order valence-corrected chi connectivity index (χ1v) is 6.86. The first kappa shape index (κ1) is 16.1. The zero-order valence-corrected chi connectivity index (χ0v) is 11.9. The van der Waals surface area contributed by atoms with Gasteiger partial charge in [0, 0.05) is 30.5 Å². The molecule has 0 bridgehead atoms. The zero-order chi connectivity index (χ0) is 15.1. The lowest BCUT2D eigenvalue weighted by Crippen LogP contribution is -2.39. The van der Waals surface area contributed by atoms with Crippen LogP contribution in [0.4, 0.5) is 0 Å². The summed E-state index contributed by atoms with van der Waals surface area (Å²) in [7, 11) is 0. The van der Waals surface area contributed by atoms with Gasteiger partial charge in [-0.3, -0.25) is 14.9 Å². The van der Waals surface area contributed by atoms with E-state index < -0.39 is 11.0 Å². The van der Waals surface area contributed by atoms with Crippen molar-refractivity contribution < 1.29 is 14.9 Å². The van der Waals surface area contributed by atoms with Gasteiger partial charge in [0.15, 0.2) is 5.71 Å². The quantitative estimate of drug-likeness (QED) is 0.360. The highest BCUT2D eigenvalue weighted by atomic mass is 16.6. The Hall–Kier alpha value is -1.92. The van der Waals surface area contributed by atoms with Crippen molar-refractivity contribution in [1.29, 1.82) is 0 Å². The van der Waals surface area contributed by atoms with E-state index >= 15 is 0 Å². The fraction of sp³-hybridized carbons (Fsp3) is 0.692. The molecule has 1 fully saturated rings. The molecule has 1 aliphatic heterocycles. The van der Waals surface area contributed by atoms with Crippen molar-refractivity contribution in [2.45, 2.75) is 45.6 Å². The van der Waals surface area contributed by atoms with Crippen molar-refractivity contribution in [2.75, 3.05) is 13.1 Å². The number of hydrogen-bond acceptors (Lipinski definition) is 5. The lowest BCUT2D eigenvalue weighted by Gasteiger charge is -2.26. The van der Waals surface area contributed by atoms with Crippen LogP contribution < -0.4 is 0 Å². The molecule has 1 amide bonds. The standard InChI is InChI=1S/C13H21N3O4/c1-3-11(10(2)16(19)20)9-12(14-18)13(17)15-7-5-4-6-8-15/h9-10,18H,3-8H2,1-2H3. The molecule has 20 heavy (non-hydrogen) atoms. The third-order valence-corrected chi connectivity index (χ3v) is 3.55. The average Bonchev–Trinajstić information content (AvgIpc) is 2.48. The molecule has 1 saturated heterocycles. The SMILES string of the molecule is CCC(=CC(=NO)C(=O)N1CCCCC1)C(C)[N+](=O)[O-]. The van der Waals surface area contributed by atoms with Crippen LogP contribution >= 0.6 is 0 Å². The number of likely N-dealkylation sites (tertiary alicyclic amines) is 1. The molecule has 7 heteroatoms. The minimum absolute atomic E-state index is 0.127. The smallest absolute Gasteiger partial charge is 0.275 e. The van der Waals surface area contributed by atoms with Crippen LogP contribution in [0, 0.1) is 10.1 Å².